The second-order valence-electron chi connectivity index (χ2n) is 7.43. The lowest BCUT2D eigenvalue weighted by molar-refractivity contribution is 0.0624. The summed E-state index contributed by atoms with van der Waals surface area (Å²) >= 11 is 0. The van der Waals surface area contributed by atoms with E-state index in [2.05, 4.69) is 17.1 Å². The molecule has 3 heterocycles. The molecule has 0 N–H and O–H groups in total. The fraction of sp³-hybridized carbons (Fsp3) is 0.292. The minimum Gasteiger partial charge on any atom is -0.383 e. The minimum absolute atomic E-state index is 0.155. The standard InChI is InChI=1S/C24H27N5O3/c1-31-14-12-28(13-15-32-2)24(30)22-21-10-6-7-11-29(21)23(26-22)20-17-27(18-25-20)16-19-8-4-3-5-9-19/h3-11,17-18H,12-16H2,1-2H3. The smallest absolute Gasteiger partial charge is 0.274 e. The maximum atomic E-state index is 13.4. The molecule has 0 unspecified atom stereocenters. The number of carbonyl (C=O) groups is 1. The highest BCUT2D eigenvalue weighted by atomic mass is 16.5. The third-order valence-electron chi connectivity index (χ3n) is 5.24. The van der Waals surface area contributed by atoms with Gasteiger partial charge in [-0.2, -0.15) is 0 Å². The molecule has 0 aliphatic heterocycles. The Morgan fingerprint density at radius 1 is 1.00 bits per heavy atom. The first-order valence-corrected chi connectivity index (χ1v) is 10.5. The zero-order valence-corrected chi connectivity index (χ0v) is 18.3. The van der Waals surface area contributed by atoms with Crippen molar-refractivity contribution in [3.8, 4) is 11.5 Å². The molecule has 8 heteroatoms. The highest BCUT2D eigenvalue weighted by Crippen LogP contribution is 2.23. The molecule has 4 aromatic rings. The average molecular weight is 434 g/mol. The predicted molar refractivity (Wildman–Crippen MR) is 122 cm³/mol. The van der Waals surface area contributed by atoms with Crippen molar-refractivity contribution in [2.24, 2.45) is 0 Å². The Bertz CT molecular complexity index is 1160. The van der Waals surface area contributed by atoms with Crippen LogP contribution >= 0.6 is 0 Å². The Morgan fingerprint density at radius 2 is 1.72 bits per heavy atom. The number of rotatable bonds is 10. The largest absolute Gasteiger partial charge is 0.383 e. The number of hydrogen-bond donors (Lipinski definition) is 0. The maximum Gasteiger partial charge on any atom is 0.274 e. The van der Waals surface area contributed by atoms with Crippen LogP contribution in [-0.2, 0) is 16.0 Å². The van der Waals surface area contributed by atoms with E-state index in [9.17, 15) is 4.79 Å². The Balaban J connectivity index is 1.66. The van der Waals surface area contributed by atoms with E-state index in [0.717, 1.165) is 5.52 Å². The van der Waals surface area contributed by atoms with Gasteiger partial charge in [-0.15, -0.1) is 0 Å². The van der Waals surface area contributed by atoms with Crippen molar-refractivity contribution in [1.82, 2.24) is 23.8 Å². The van der Waals surface area contributed by atoms with E-state index in [1.54, 1.807) is 25.4 Å². The highest BCUT2D eigenvalue weighted by molar-refractivity contribution is 6.00. The molecule has 0 bridgehead atoms. The van der Waals surface area contributed by atoms with Crippen LogP contribution in [0.5, 0.6) is 0 Å². The molecule has 0 atom stereocenters. The van der Waals surface area contributed by atoms with Crippen molar-refractivity contribution in [2.45, 2.75) is 6.54 Å². The number of pyridine rings is 1. The summed E-state index contributed by atoms with van der Waals surface area (Å²) in [7, 11) is 3.24. The second-order valence-corrected chi connectivity index (χ2v) is 7.43. The topological polar surface area (TPSA) is 73.9 Å². The van der Waals surface area contributed by atoms with Crippen molar-refractivity contribution in [3.05, 3.63) is 78.5 Å². The number of methoxy groups -OCH3 is 2. The molecule has 1 amide bonds. The molecule has 0 aliphatic carbocycles. The first-order valence-electron chi connectivity index (χ1n) is 10.5. The number of aromatic nitrogens is 4. The number of fused-ring (bicyclic) bond motifs is 1. The SMILES string of the molecule is COCCN(CCOC)C(=O)c1nc(-c2cn(Cc3ccccc3)cn2)n2ccccc12. The molecular formula is C24H27N5O3. The summed E-state index contributed by atoms with van der Waals surface area (Å²) in [6.07, 6.45) is 5.65. The summed E-state index contributed by atoms with van der Waals surface area (Å²) in [6, 6.07) is 15.9. The fourth-order valence-corrected chi connectivity index (χ4v) is 3.60. The zero-order valence-electron chi connectivity index (χ0n) is 18.3. The monoisotopic (exact) mass is 433 g/mol. The van der Waals surface area contributed by atoms with Gasteiger partial charge in [0.25, 0.3) is 5.91 Å². The molecule has 166 valence electrons. The van der Waals surface area contributed by atoms with Crippen LogP contribution < -0.4 is 0 Å². The van der Waals surface area contributed by atoms with Crippen LogP contribution in [0.3, 0.4) is 0 Å². The number of nitrogens with zero attached hydrogens (tertiary/aromatic N) is 5. The van der Waals surface area contributed by atoms with Crippen molar-refractivity contribution in [2.75, 3.05) is 40.5 Å². The van der Waals surface area contributed by atoms with Crippen LogP contribution in [0.25, 0.3) is 17.0 Å². The van der Waals surface area contributed by atoms with Gasteiger partial charge in [0.1, 0.15) is 5.69 Å². The Morgan fingerprint density at radius 3 is 2.44 bits per heavy atom. The van der Waals surface area contributed by atoms with Gasteiger partial charge in [0.2, 0.25) is 0 Å². The Labute approximate surface area is 187 Å². The first-order chi connectivity index (χ1) is 15.7. The van der Waals surface area contributed by atoms with Crippen LogP contribution in [0, 0.1) is 0 Å². The summed E-state index contributed by atoms with van der Waals surface area (Å²) in [5.74, 6) is 0.479. The summed E-state index contributed by atoms with van der Waals surface area (Å²) in [5, 5.41) is 0. The molecule has 0 saturated carbocycles. The number of hydrogen-bond acceptors (Lipinski definition) is 5. The zero-order chi connectivity index (χ0) is 22.3. The summed E-state index contributed by atoms with van der Waals surface area (Å²) in [6.45, 7) is 2.53. The van der Waals surface area contributed by atoms with E-state index in [0.29, 0.717) is 50.1 Å². The van der Waals surface area contributed by atoms with Crippen LogP contribution in [-0.4, -0.2) is 70.3 Å². The molecule has 4 rings (SSSR count). The lowest BCUT2D eigenvalue weighted by atomic mass is 10.2. The van der Waals surface area contributed by atoms with Crippen molar-refractivity contribution in [3.63, 3.8) is 0 Å². The summed E-state index contributed by atoms with van der Waals surface area (Å²) in [5.41, 5.74) is 3.03. The van der Waals surface area contributed by atoms with Gasteiger partial charge < -0.3 is 18.9 Å². The number of imidazole rings is 2. The van der Waals surface area contributed by atoms with Gasteiger partial charge in [-0.3, -0.25) is 9.20 Å². The van der Waals surface area contributed by atoms with Gasteiger partial charge in [-0.25, -0.2) is 9.97 Å². The fourth-order valence-electron chi connectivity index (χ4n) is 3.60. The van der Waals surface area contributed by atoms with Gasteiger partial charge >= 0.3 is 0 Å². The molecule has 0 fully saturated rings. The van der Waals surface area contributed by atoms with Gasteiger partial charge in [0, 0.05) is 46.2 Å². The molecule has 8 nitrogen and oxygen atoms in total. The molecule has 0 aliphatic rings. The predicted octanol–water partition coefficient (Wildman–Crippen LogP) is 2.98. The van der Waals surface area contributed by atoms with Crippen LogP contribution in [0.4, 0.5) is 0 Å². The third kappa shape index (κ3) is 4.71. The van der Waals surface area contributed by atoms with Crippen LogP contribution in [0.15, 0.2) is 67.3 Å². The van der Waals surface area contributed by atoms with Gasteiger partial charge in [0.15, 0.2) is 11.5 Å². The van der Waals surface area contributed by atoms with Crippen LogP contribution in [0.1, 0.15) is 16.1 Å². The van der Waals surface area contributed by atoms with E-state index in [1.165, 1.54) is 5.56 Å². The minimum atomic E-state index is -0.155. The maximum absolute atomic E-state index is 13.4. The lowest BCUT2D eigenvalue weighted by Gasteiger charge is -2.21. The molecule has 0 spiro atoms. The van der Waals surface area contributed by atoms with E-state index in [-0.39, 0.29) is 5.91 Å². The van der Waals surface area contributed by atoms with Gasteiger partial charge in [-0.1, -0.05) is 36.4 Å². The number of benzene rings is 1. The molecule has 0 radical (unpaired) electrons. The summed E-state index contributed by atoms with van der Waals surface area (Å²) in [4.78, 5) is 24.4. The third-order valence-corrected chi connectivity index (χ3v) is 5.24. The Kier molecular flexibility index (Phi) is 6.94. The Hall–Kier alpha value is -3.49. The summed E-state index contributed by atoms with van der Waals surface area (Å²) < 4.78 is 14.3. The van der Waals surface area contributed by atoms with Crippen molar-refractivity contribution in [1.29, 1.82) is 0 Å². The molecule has 0 saturated heterocycles. The molecule has 32 heavy (non-hydrogen) atoms. The van der Waals surface area contributed by atoms with Crippen molar-refractivity contribution < 1.29 is 14.3 Å². The van der Waals surface area contributed by atoms with E-state index in [1.807, 2.05) is 57.8 Å². The van der Waals surface area contributed by atoms with Gasteiger partial charge in [0.05, 0.1) is 25.1 Å². The van der Waals surface area contributed by atoms with Crippen LogP contribution in [0.2, 0.25) is 0 Å². The normalized spacial score (nSPS) is 11.2. The number of carbonyl (C=O) groups excluding carboxylic acids is 1. The van der Waals surface area contributed by atoms with E-state index >= 15 is 0 Å². The number of ether oxygens (including phenoxy) is 2. The first kappa shape index (κ1) is 21.7. The number of amides is 1. The molecule has 1 aromatic carbocycles. The molecular weight excluding hydrogens is 406 g/mol. The molecule has 3 aromatic heterocycles. The quantitative estimate of drug-likeness (QED) is 0.384. The van der Waals surface area contributed by atoms with Crippen molar-refractivity contribution >= 4 is 11.4 Å². The highest BCUT2D eigenvalue weighted by Gasteiger charge is 2.24. The van der Waals surface area contributed by atoms with E-state index in [4.69, 9.17) is 14.5 Å². The van der Waals surface area contributed by atoms with Gasteiger partial charge in [-0.05, 0) is 17.7 Å². The second kappa shape index (κ2) is 10.2. The average Bonchev–Trinajstić information content (AvgIpc) is 3.44. The lowest BCUT2D eigenvalue weighted by Crippen LogP contribution is -2.36. The van der Waals surface area contributed by atoms with E-state index < -0.39 is 0 Å².